The molecule has 0 saturated heterocycles. The van der Waals surface area contributed by atoms with Crippen LogP contribution in [0.5, 0.6) is 5.75 Å². The molecule has 108 valence electrons. The fourth-order valence-electron chi connectivity index (χ4n) is 1.71. The smallest absolute Gasteiger partial charge is 0.240 e. The second-order valence-electron chi connectivity index (χ2n) is 4.35. The maximum Gasteiger partial charge on any atom is 0.240 e. The highest BCUT2D eigenvalue weighted by Gasteiger charge is 2.14. The van der Waals surface area contributed by atoms with Crippen LogP contribution in [0.1, 0.15) is 11.1 Å². The van der Waals surface area contributed by atoms with Crippen LogP contribution in [0, 0.1) is 11.3 Å². The Balaban J connectivity index is 2.17. The third-order valence-electron chi connectivity index (χ3n) is 2.85. The number of benzene rings is 2. The SMILES string of the molecule is N#Cc1ccc(S(=O)(=O)NCc2cc(N)ccc2O)cc1. The van der Waals surface area contributed by atoms with Gasteiger partial charge in [0.05, 0.1) is 16.5 Å². The fourth-order valence-corrected chi connectivity index (χ4v) is 2.72. The second kappa shape index (κ2) is 5.83. The topological polar surface area (TPSA) is 116 Å². The van der Waals surface area contributed by atoms with Crippen LogP contribution in [0.4, 0.5) is 5.69 Å². The van der Waals surface area contributed by atoms with Crippen LogP contribution >= 0.6 is 0 Å². The van der Waals surface area contributed by atoms with Crippen molar-refractivity contribution in [3.8, 4) is 11.8 Å². The van der Waals surface area contributed by atoms with E-state index in [0.717, 1.165) is 0 Å². The normalized spacial score (nSPS) is 11.0. The van der Waals surface area contributed by atoms with Crippen LogP contribution < -0.4 is 10.5 Å². The predicted molar refractivity (Wildman–Crippen MR) is 77.7 cm³/mol. The highest BCUT2D eigenvalue weighted by atomic mass is 32.2. The van der Waals surface area contributed by atoms with Crippen molar-refractivity contribution in [1.82, 2.24) is 4.72 Å². The number of nitriles is 1. The van der Waals surface area contributed by atoms with E-state index in [4.69, 9.17) is 11.0 Å². The summed E-state index contributed by atoms with van der Waals surface area (Å²) in [6, 6.07) is 11.9. The van der Waals surface area contributed by atoms with Gasteiger partial charge in [-0.1, -0.05) is 0 Å². The quantitative estimate of drug-likeness (QED) is 0.582. The van der Waals surface area contributed by atoms with Gasteiger partial charge in [-0.05, 0) is 42.5 Å². The summed E-state index contributed by atoms with van der Waals surface area (Å²) < 4.78 is 26.6. The molecule has 0 atom stereocenters. The van der Waals surface area contributed by atoms with Crippen LogP contribution in [0.25, 0.3) is 0 Å². The zero-order valence-electron chi connectivity index (χ0n) is 10.9. The Morgan fingerprint density at radius 3 is 2.48 bits per heavy atom. The van der Waals surface area contributed by atoms with Gasteiger partial charge in [-0.3, -0.25) is 0 Å². The first kappa shape index (κ1) is 14.8. The minimum atomic E-state index is -3.72. The van der Waals surface area contributed by atoms with Gasteiger partial charge < -0.3 is 10.8 Å². The maximum atomic E-state index is 12.1. The lowest BCUT2D eigenvalue weighted by Crippen LogP contribution is -2.23. The van der Waals surface area contributed by atoms with E-state index in [1.165, 1.54) is 42.5 Å². The number of rotatable bonds is 4. The van der Waals surface area contributed by atoms with Gasteiger partial charge in [0.25, 0.3) is 0 Å². The predicted octanol–water partition coefficient (Wildman–Crippen LogP) is 1.32. The number of hydrogen-bond acceptors (Lipinski definition) is 5. The second-order valence-corrected chi connectivity index (χ2v) is 6.12. The first-order valence-corrected chi connectivity index (χ1v) is 7.48. The van der Waals surface area contributed by atoms with Crippen molar-refractivity contribution in [2.24, 2.45) is 0 Å². The van der Waals surface area contributed by atoms with Gasteiger partial charge in [-0.2, -0.15) is 5.26 Å². The number of hydrogen-bond donors (Lipinski definition) is 3. The Hall–Kier alpha value is -2.56. The van der Waals surface area contributed by atoms with Crippen molar-refractivity contribution in [2.75, 3.05) is 5.73 Å². The molecule has 2 aromatic rings. The number of nitrogens with one attached hydrogen (secondary N) is 1. The van der Waals surface area contributed by atoms with Crippen LogP contribution in [-0.4, -0.2) is 13.5 Å². The number of anilines is 1. The van der Waals surface area contributed by atoms with Crippen LogP contribution in [-0.2, 0) is 16.6 Å². The Bertz CT molecular complexity index is 793. The molecular formula is C14H13N3O3S. The molecule has 0 spiro atoms. The molecule has 0 aliphatic carbocycles. The minimum absolute atomic E-state index is 0.0354. The van der Waals surface area contributed by atoms with Crippen molar-refractivity contribution in [1.29, 1.82) is 5.26 Å². The van der Waals surface area contributed by atoms with Crippen molar-refractivity contribution < 1.29 is 13.5 Å². The first-order chi connectivity index (χ1) is 9.92. The maximum absolute atomic E-state index is 12.1. The van der Waals surface area contributed by atoms with Crippen LogP contribution in [0.15, 0.2) is 47.4 Å². The largest absolute Gasteiger partial charge is 0.508 e. The zero-order valence-corrected chi connectivity index (χ0v) is 11.8. The lowest BCUT2D eigenvalue weighted by Gasteiger charge is -2.09. The summed E-state index contributed by atoms with van der Waals surface area (Å²) in [6.45, 7) is -0.0841. The summed E-state index contributed by atoms with van der Waals surface area (Å²) in [6.07, 6.45) is 0. The standard InChI is InChI=1S/C14H13N3O3S/c15-8-10-1-4-13(5-2-10)21(19,20)17-9-11-7-12(16)3-6-14(11)18/h1-7,17-18H,9,16H2. The summed E-state index contributed by atoms with van der Waals surface area (Å²) >= 11 is 0. The van der Waals surface area contributed by atoms with Gasteiger partial charge >= 0.3 is 0 Å². The molecule has 0 fully saturated rings. The van der Waals surface area contributed by atoms with Crippen molar-refractivity contribution in [3.63, 3.8) is 0 Å². The number of phenols is 1. The van der Waals surface area contributed by atoms with E-state index in [0.29, 0.717) is 16.8 Å². The molecule has 0 aliphatic rings. The molecular weight excluding hydrogens is 290 g/mol. The van der Waals surface area contributed by atoms with E-state index in [-0.39, 0.29) is 17.2 Å². The molecule has 0 aromatic heterocycles. The van der Waals surface area contributed by atoms with E-state index >= 15 is 0 Å². The van der Waals surface area contributed by atoms with E-state index in [2.05, 4.69) is 4.72 Å². The van der Waals surface area contributed by atoms with Crippen molar-refractivity contribution in [3.05, 3.63) is 53.6 Å². The van der Waals surface area contributed by atoms with Gasteiger partial charge in [0.2, 0.25) is 10.0 Å². The summed E-state index contributed by atoms with van der Waals surface area (Å²) in [5, 5.41) is 18.3. The molecule has 0 unspecified atom stereocenters. The molecule has 4 N–H and O–H groups in total. The number of aromatic hydroxyl groups is 1. The molecule has 2 aromatic carbocycles. The van der Waals surface area contributed by atoms with Gasteiger partial charge in [-0.15, -0.1) is 0 Å². The van der Waals surface area contributed by atoms with Gasteiger partial charge in [0.1, 0.15) is 5.75 Å². The molecule has 2 rings (SSSR count). The summed E-state index contributed by atoms with van der Waals surface area (Å²) in [5.74, 6) is -0.0354. The summed E-state index contributed by atoms with van der Waals surface area (Å²) in [5.41, 5.74) is 6.78. The summed E-state index contributed by atoms with van der Waals surface area (Å²) in [4.78, 5) is 0.0462. The number of nitrogens with two attached hydrogens (primary N) is 1. The van der Waals surface area contributed by atoms with Gasteiger partial charge in [0.15, 0.2) is 0 Å². The van der Waals surface area contributed by atoms with Crippen molar-refractivity contribution in [2.45, 2.75) is 11.4 Å². The molecule has 21 heavy (non-hydrogen) atoms. The Kier molecular flexibility index (Phi) is 4.12. The molecule has 0 aliphatic heterocycles. The van der Waals surface area contributed by atoms with E-state index < -0.39 is 10.0 Å². The van der Waals surface area contributed by atoms with Gasteiger partial charge in [0, 0.05) is 17.8 Å². The highest BCUT2D eigenvalue weighted by molar-refractivity contribution is 7.89. The monoisotopic (exact) mass is 303 g/mol. The third-order valence-corrected chi connectivity index (χ3v) is 4.27. The minimum Gasteiger partial charge on any atom is -0.508 e. The molecule has 0 heterocycles. The number of nitrogen functional groups attached to an aromatic ring is 1. The molecule has 7 heteroatoms. The van der Waals surface area contributed by atoms with Crippen LogP contribution in [0.3, 0.4) is 0 Å². The molecule has 6 nitrogen and oxygen atoms in total. The van der Waals surface area contributed by atoms with Crippen LogP contribution in [0.2, 0.25) is 0 Å². The van der Waals surface area contributed by atoms with E-state index in [1.54, 1.807) is 0 Å². The average molecular weight is 303 g/mol. The number of sulfonamides is 1. The lowest BCUT2D eigenvalue weighted by atomic mass is 10.2. The highest BCUT2D eigenvalue weighted by Crippen LogP contribution is 2.20. The van der Waals surface area contributed by atoms with E-state index in [9.17, 15) is 13.5 Å². The molecule has 0 amide bonds. The first-order valence-electron chi connectivity index (χ1n) is 5.99. The molecule has 0 saturated carbocycles. The zero-order chi connectivity index (χ0) is 15.5. The number of phenolic OH excluding ortho intramolecular Hbond substituents is 1. The Labute approximate surface area is 122 Å². The molecule has 0 bridgehead atoms. The Morgan fingerprint density at radius 2 is 1.86 bits per heavy atom. The van der Waals surface area contributed by atoms with Gasteiger partial charge in [-0.25, -0.2) is 13.1 Å². The number of nitrogens with zero attached hydrogens (tertiary/aromatic N) is 1. The fraction of sp³-hybridized carbons (Fsp3) is 0.0714. The summed E-state index contributed by atoms with van der Waals surface area (Å²) in [7, 11) is -3.72. The Morgan fingerprint density at radius 1 is 1.19 bits per heavy atom. The third kappa shape index (κ3) is 3.51. The van der Waals surface area contributed by atoms with E-state index in [1.807, 2.05) is 6.07 Å². The van der Waals surface area contributed by atoms with Crippen molar-refractivity contribution >= 4 is 15.7 Å². The molecule has 0 radical (unpaired) electrons. The lowest BCUT2D eigenvalue weighted by molar-refractivity contribution is 0.467. The average Bonchev–Trinajstić information content (AvgIpc) is 2.48.